The van der Waals surface area contributed by atoms with E-state index in [9.17, 15) is 4.79 Å². The number of hydrogen-bond donors (Lipinski definition) is 1. The van der Waals surface area contributed by atoms with E-state index in [-0.39, 0.29) is 6.09 Å². The molecule has 2 heterocycles. The molecule has 4 nitrogen and oxygen atoms in total. The van der Waals surface area contributed by atoms with Gasteiger partial charge in [0.1, 0.15) is 5.60 Å². The highest BCUT2D eigenvalue weighted by Crippen LogP contribution is 2.30. The number of nitrogens with zero attached hydrogens (tertiary/aromatic N) is 1. The monoisotopic (exact) mass is 330 g/mol. The predicted octanol–water partition coefficient (Wildman–Crippen LogP) is 3.84. The van der Waals surface area contributed by atoms with Crippen LogP contribution in [0, 0.1) is 0 Å². The van der Waals surface area contributed by atoms with E-state index >= 15 is 0 Å². The van der Waals surface area contributed by atoms with Crippen molar-refractivity contribution in [2.45, 2.75) is 64.5 Å². The van der Waals surface area contributed by atoms with Crippen molar-refractivity contribution in [2.24, 2.45) is 0 Å². The third-order valence-corrected chi connectivity index (χ3v) is 4.89. The number of carbonyl (C=O) groups is 1. The Kier molecular flexibility index (Phi) is 5.14. The maximum absolute atomic E-state index is 12.4. The SMILES string of the molecule is CC(C)(C)OC(=O)N1CCCC(c2ccc3c(c2)CNCCC3)C1. The van der Waals surface area contributed by atoms with Gasteiger partial charge in [-0.25, -0.2) is 4.79 Å². The minimum absolute atomic E-state index is 0.177. The maximum atomic E-state index is 12.4. The van der Waals surface area contributed by atoms with Crippen molar-refractivity contribution in [1.82, 2.24) is 10.2 Å². The first-order chi connectivity index (χ1) is 11.4. The van der Waals surface area contributed by atoms with Crippen LogP contribution in [-0.4, -0.2) is 36.2 Å². The Bertz CT molecular complexity index is 592. The molecule has 0 aromatic heterocycles. The highest BCUT2D eigenvalue weighted by molar-refractivity contribution is 5.68. The number of rotatable bonds is 1. The van der Waals surface area contributed by atoms with E-state index in [0.29, 0.717) is 5.92 Å². The minimum Gasteiger partial charge on any atom is -0.444 e. The number of benzene rings is 1. The lowest BCUT2D eigenvalue weighted by atomic mass is 9.88. The normalized spacial score (nSPS) is 21.8. The molecule has 1 N–H and O–H groups in total. The van der Waals surface area contributed by atoms with Crippen LogP contribution in [0.25, 0.3) is 0 Å². The van der Waals surface area contributed by atoms with Crippen LogP contribution in [0.4, 0.5) is 4.79 Å². The minimum atomic E-state index is -0.431. The molecule has 132 valence electrons. The number of hydrogen-bond acceptors (Lipinski definition) is 3. The summed E-state index contributed by atoms with van der Waals surface area (Å²) in [6.07, 6.45) is 4.38. The lowest BCUT2D eigenvalue weighted by molar-refractivity contribution is 0.0198. The van der Waals surface area contributed by atoms with Gasteiger partial charge in [0.25, 0.3) is 0 Å². The van der Waals surface area contributed by atoms with E-state index in [4.69, 9.17) is 4.74 Å². The summed E-state index contributed by atoms with van der Waals surface area (Å²) in [5.41, 5.74) is 3.84. The van der Waals surface area contributed by atoms with Gasteiger partial charge in [-0.15, -0.1) is 0 Å². The molecule has 1 fully saturated rings. The number of ether oxygens (including phenoxy) is 1. The average molecular weight is 330 g/mol. The van der Waals surface area contributed by atoms with Gasteiger partial charge >= 0.3 is 6.09 Å². The molecule has 0 saturated carbocycles. The molecule has 4 heteroatoms. The van der Waals surface area contributed by atoms with Gasteiger partial charge in [-0.3, -0.25) is 0 Å². The quantitative estimate of drug-likeness (QED) is 0.851. The number of amides is 1. The smallest absolute Gasteiger partial charge is 0.410 e. The largest absolute Gasteiger partial charge is 0.444 e. The summed E-state index contributed by atoms with van der Waals surface area (Å²) in [6, 6.07) is 6.93. The van der Waals surface area contributed by atoms with Crippen molar-refractivity contribution in [3.05, 3.63) is 34.9 Å². The third kappa shape index (κ3) is 4.29. The van der Waals surface area contributed by atoms with Gasteiger partial charge < -0.3 is 15.0 Å². The first-order valence-corrected chi connectivity index (χ1v) is 9.23. The van der Waals surface area contributed by atoms with Crippen LogP contribution in [0.15, 0.2) is 18.2 Å². The van der Waals surface area contributed by atoms with Crippen molar-refractivity contribution in [3.63, 3.8) is 0 Å². The predicted molar refractivity (Wildman–Crippen MR) is 96.3 cm³/mol. The Morgan fingerprint density at radius 1 is 1.25 bits per heavy atom. The zero-order valence-corrected chi connectivity index (χ0v) is 15.2. The molecular formula is C20H30N2O2. The summed E-state index contributed by atoms with van der Waals surface area (Å²) in [7, 11) is 0. The van der Waals surface area contributed by atoms with Crippen LogP contribution in [0.1, 0.15) is 62.6 Å². The number of likely N-dealkylation sites (tertiary alicyclic amines) is 1. The standard InChI is InChI=1S/C20H30N2O2/c1-20(2,3)24-19(23)22-11-5-7-17(14-22)16-9-8-15-6-4-10-21-13-18(15)12-16/h8-9,12,17,21H,4-7,10-11,13-14H2,1-3H3. The van der Waals surface area contributed by atoms with Crippen molar-refractivity contribution < 1.29 is 9.53 Å². The lowest BCUT2D eigenvalue weighted by Crippen LogP contribution is -2.42. The number of carbonyl (C=O) groups excluding carboxylic acids is 1. The number of aryl methyl sites for hydroxylation is 1. The second-order valence-electron chi connectivity index (χ2n) is 8.07. The third-order valence-electron chi connectivity index (χ3n) is 4.89. The van der Waals surface area contributed by atoms with E-state index in [2.05, 4.69) is 23.5 Å². The summed E-state index contributed by atoms with van der Waals surface area (Å²) in [5, 5.41) is 3.50. The number of nitrogens with one attached hydrogen (secondary N) is 1. The van der Waals surface area contributed by atoms with Crippen molar-refractivity contribution >= 4 is 6.09 Å². The van der Waals surface area contributed by atoms with Gasteiger partial charge in [0.15, 0.2) is 0 Å². The maximum Gasteiger partial charge on any atom is 0.410 e. The van der Waals surface area contributed by atoms with Gasteiger partial charge in [-0.2, -0.15) is 0 Å². The van der Waals surface area contributed by atoms with Crippen LogP contribution in [0.5, 0.6) is 0 Å². The Morgan fingerprint density at radius 2 is 2.08 bits per heavy atom. The Labute approximate surface area is 145 Å². The van der Waals surface area contributed by atoms with Gasteiger partial charge in [0.05, 0.1) is 0 Å². The van der Waals surface area contributed by atoms with E-state index in [0.717, 1.165) is 45.4 Å². The van der Waals surface area contributed by atoms with E-state index < -0.39 is 5.60 Å². The Balaban J connectivity index is 1.70. The van der Waals surface area contributed by atoms with Gasteiger partial charge in [0.2, 0.25) is 0 Å². The molecule has 24 heavy (non-hydrogen) atoms. The summed E-state index contributed by atoms with van der Waals surface area (Å²) >= 11 is 0. The molecule has 1 atom stereocenters. The fourth-order valence-electron chi connectivity index (χ4n) is 3.68. The van der Waals surface area contributed by atoms with Crippen molar-refractivity contribution in [2.75, 3.05) is 19.6 Å². The summed E-state index contributed by atoms with van der Waals surface area (Å²) in [4.78, 5) is 14.2. The second-order valence-corrected chi connectivity index (χ2v) is 8.07. The average Bonchev–Trinajstić information content (AvgIpc) is 2.78. The van der Waals surface area contributed by atoms with E-state index in [1.807, 2.05) is 25.7 Å². The molecule has 1 aromatic rings. The summed E-state index contributed by atoms with van der Waals surface area (Å²) in [6.45, 7) is 9.40. The van der Waals surface area contributed by atoms with Crippen molar-refractivity contribution in [3.8, 4) is 0 Å². The molecule has 2 aliphatic heterocycles. The molecule has 0 spiro atoms. The molecule has 3 rings (SSSR count). The fourth-order valence-corrected chi connectivity index (χ4v) is 3.68. The second kappa shape index (κ2) is 7.14. The number of piperidine rings is 1. The molecule has 0 aliphatic carbocycles. The molecule has 1 saturated heterocycles. The molecule has 0 radical (unpaired) electrons. The van der Waals surface area contributed by atoms with Crippen LogP contribution in [0.3, 0.4) is 0 Å². The Hall–Kier alpha value is -1.55. The van der Waals surface area contributed by atoms with Gasteiger partial charge in [0, 0.05) is 25.6 Å². The highest BCUT2D eigenvalue weighted by Gasteiger charge is 2.28. The Morgan fingerprint density at radius 3 is 2.88 bits per heavy atom. The molecular weight excluding hydrogens is 300 g/mol. The zero-order chi connectivity index (χ0) is 17.2. The summed E-state index contributed by atoms with van der Waals surface area (Å²) in [5.74, 6) is 0.417. The number of fused-ring (bicyclic) bond motifs is 1. The molecule has 1 amide bonds. The molecule has 0 bridgehead atoms. The molecule has 2 aliphatic rings. The molecule has 1 unspecified atom stereocenters. The lowest BCUT2D eigenvalue weighted by Gasteiger charge is -2.34. The summed E-state index contributed by atoms with van der Waals surface area (Å²) < 4.78 is 5.55. The first-order valence-electron chi connectivity index (χ1n) is 9.23. The van der Waals surface area contributed by atoms with E-state index in [1.54, 1.807) is 0 Å². The van der Waals surface area contributed by atoms with Crippen LogP contribution < -0.4 is 5.32 Å². The topological polar surface area (TPSA) is 41.6 Å². The van der Waals surface area contributed by atoms with E-state index in [1.165, 1.54) is 23.1 Å². The fraction of sp³-hybridized carbons (Fsp3) is 0.650. The van der Waals surface area contributed by atoms with Crippen LogP contribution in [0.2, 0.25) is 0 Å². The van der Waals surface area contributed by atoms with Crippen LogP contribution >= 0.6 is 0 Å². The zero-order valence-electron chi connectivity index (χ0n) is 15.2. The van der Waals surface area contributed by atoms with Gasteiger partial charge in [-0.05, 0) is 69.7 Å². The highest BCUT2D eigenvalue weighted by atomic mass is 16.6. The first kappa shape index (κ1) is 17.3. The van der Waals surface area contributed by atoms with Crippen LogP contribution in [-0.2, 0) is 17.7 Å². The van der Waals surface area contributed by atoms with Crippen molar-refractivity contribution in [1.29, 1.82) is 0 Å². The molecule has 1 aromatic carbocycles. The van der Waals surface area contributed by atoms with Gasteiger partial charge in [-0.1, -0.05) is 18.2 Å².